The van der Waals surface area contributed by atoms with Crippen LogP contribution in [-0.4, -0.2) is 49.3 Å². The third kappa shape index (κ3) is 5.71. The molecule has 1 aliphatic carbocycles. The fourth-order valence-corrected chi connectivity index (χ4v) is 4.30. The van der Waals surface area contributed by atoms with E-state index in [0.29, 0.717) is 6.61 Å². The predicted molar refractivity (Wildman–Crippen MR) is 113 cm³/mol. The summed E-state index contributed by atoms with van der Waals surface area (Å²) in [6, 6.07) is 7.68. The molecule has 1 amide bonds. The summed E-state index contributed by atoms with van der Waals surface area (Å²) in [5.74, 6) is 1.71. The Bertz CT molecular complexity index is 603. The van der Waals surface area contributed by atoms with Crippen molar-refractivity contribution < 1.29 is 14.3 Å². The fraction of sp³-hybridized carbons (Fsp3) is 0.696. The van der Waals surface area contributed by atoms with Gasteiger partial charge in [-0.1, -0.05) is 6.92 Å². The van der Waals surface area contributed by atoms with E-state index in [4.69, 9.17) is 9.47 Å². The van der Waals surface area contributed by atoms with Crippen LogP contribution in [0.15, 0.2) is 24.3 Å². The topological polar surface area (TPSA) is 50.8 Å². The first-order valence-electron chi connectivity index (χ1n) is 11.0. The first-order valence-corrected chi connectivity index (χ1v) is 11.0. The van der Waals surface area contributed by atoms with Crippen LogP contribution in [0.2, 0.25) is 0 Å². The van der Waals surface area contributed by atoms with Gasteiger partial charge in [0.15, 0.2) is 0 Å². The highest BCUT2D eigenvalue weighted by atomic mass is 16.5. The molecule has 5 nitrogen and oxygen atoms in total. The lowest BCUT2D eigenvalue weighted by Crippen LogP contribution is -2.43. The molecular formula is C23H36N2O3. The second kappa shape index (κ2) is 10.3. The number of anilines is 1. The van der Waals surface area contributed by atoms with Gasteiger partial charge in [-0.3, -0.25) is 4.79 Å². The van der Waals surface area contributed by atoms with Crippen LogP contribution in [0.1, 0.15) is 58.8 Å². The third-order valence-electron chi connectivity index (χ3n) is 6.12. The number of ether oxygens (including phenoxy) is 2. The van der Waals surface area contributed by atoms with Crippen LogP contribution in [0, 0.1) is 5.92 Å². The minimum atomic E-state index is -0.643. The highest BCUT2D eigenvalue weighted by molar-refractivity contribution is 5.97. The number of amides is 1. The number of likely N-dealkylation sites (tertiary alicyclic amines) is 1. The number of carbonyl (C=O) groups is 1. The standard InChI is InChI=1S/C23H36N2O3/c1-3-28-23(13-4-5-14-23)22(26)24-20-7-9-21(10-8-20)27-18-6-15-25-16-11-19(2)12-17-25/h7-10,19H,3-6,11-18H2,1-2H3,(H,24,26). The van der Waals surface area contributed by atoms with Crippen LogP contribution in [0.4, 0.5) is 5.69 Å². The number of piperidine rings is 1. The SMILES string of the molecule is CCOC1(C(=O)Nc2ccc(OCCCN3CCC(C)CC3)cc2)CCCC1. The van der Waals surface area contributed by atoms with Crippen LogP contribution < -0.4 is 10.1 Å². The Labute approximate surface area is 169 Å². The van der Waals surface area contributed by atoms with E-state index in [9.17, 15) is 4.79 Å². The van der Waals surface area contributed by atoms with Gasteiger partial charge in [-0.2, -0.15) is 0 Å². The number of nitrogens with one attached hydrogen (secondary N) is 1. The number of carbonyl (C=O) groups excluding carboxylic acids is 1. The lowest BCUT2D eigenvalue weighted by Gasteiger charge is -2.30. The van der Waals surface area contributed by atoms with E-state index in [0.717, 1.165) is 62.6 Å². The Kier molecular flexibility index (Phi) is 7.74. The zero-order chi connectivity index (χ0) is 19.8. The molecule has 1 saturated carbocycles. The molecule has 156 valence electrons. The number of benzene rings is 1. The molecule has 5 heteroatoms. The van der Waals surface area contributed by atoms with Gasteiger partial charge in [-0.15, -0.1) is 0 Å². The fourth-order valence-electron chi connectivity index (χ4n) is 4.30. The van der Waals surface area contributed by atoms with Gasteiger partial charge in [0.05, 0.1) is 6.61 Å². The molecule has 0 spiro atoms. The zero-order valence-electron chi connectivity index (χ0n) is 17.5. The Hall–Kier alpha value is -1.59. The maximum Gasteiger partial charge on any atom is 0.256 e. The quantitative estimate of drug-likeness (QED) is 0.634. The summed E-state index contributed by atoms with van der Waals surface area (Å²) in [7, 11) is 0. The number of hydrogen-bond acceptors (Lipinski definition) is 4. The minimum absolute atomic E-state index is 0.0173. The van der Waals surface area contributed by atoms with Crippen molar-refractivity contribution in [1.29, 1.82) is 0 Å². The second-order valence-electron chi connectivity index (χ2n) is 8.34. The molecule has 1 aromatic carbocycles. The van der Waals surface area contributed by atoms with E-state index in [2.05, 4.69) is 17.1 Å². The highest BCUT2D eigenvalue weighted by Crippen LogP contribution is 2.34. The van der Waals surface area contributed by atoms with Gasteiger partial charge < -0.3 is 19.7 Å². The van der Waals surface area contributed by atoms with Gasteiger partial charge >= 0.3 is 0 Å². The molecule has 1 saturated heterocycles. The van der Waals surface area contributed by atoms with Gasteiger partial charge in [-0.05, 0) is 95.1 Å². The summed E-state index contributed by atoms with van der Waals surface area (Å²) in [4.78, 5) is 15.3. The number of hydrogen-bond donors (Lipinski definition) is 1. The molecule has 0 radical (unpaired) electrons. The summed E-state index contributed by atoms with van der Waals surface area (Å²) >= 11 is 0. The van der Waals surface area contributed by atoms with Crippen molar-refractivity contribution in [2.45, 2.75) is 64.4 Å². The first kappa shape index (κ1) is 21.1. The molecule has 1 N–H and O–H groups in total. The maximum atomic E-state index is 12.7. The van der Waals surface area contributed by atoms with Gasteiger partial charge in [0.2, 0.25) is 0 Å². The molecule has 1 heterocycles. The van der Waals surface area contributed by atoms with E-state index >= 15 is 0 Å². The van der Waals surface area contributed by atoms with Crippen LogP contribution in [0.5, 0.6) is 5.75 Å². The minimum Gasteiger partial charge on any atom is -0.494 e. The molecule has 2 fully saturated rings. The smallest absolute Gasteiger partial charge is 0.256 e. The molecule has 1 aliphatic heterocycles. The summed E-state index contributed by atoms with van der Waals surface area (Å²) < 4.78 is 11.7. The largest absolute Gasteiger partial charge is 0.494 e. The predicted octanol–water partition coefficient (Wildman–Crippen LogP) is 4.48. The molecule has 28 heavy (non-hydrogen) atoms. The van der Waals surface area contributed by atoms with Crippen LogP contribution in [0.3, 0.4) is 0 Å². The van der Waals surface area contributed by atoms with Crippen molar-refractivity contribution in [3.8, 4) is 5.75 Å². The normalized spacial score (nSPS) is 20.2. The second-order valence-corrected chi connectivity index (χ2v) is 8.34. The summed E-state index contributed by atoms with van der Waals surface area (Å²) in [5.41, 5.74) is 0.154. The van der Waals surface area contributed by atoms with E-state index < -0.39 is 5.60 Å². The van der Waals surface area contributed by atoms with Crippen LogP contribution >= 0.6 is 0 Å². The van der Waals surface area contributed by atoms with E-state index in [1.807, 2.05) is 31.2 Å². The molecule has 3 rings (SSSR count). The summed E-state index contributed by atoms with van der Waals surface area (Å²) in [5, 5.41) is 3.02. The van der Waals surface area contributed by atoms with E-state index in [1.54, 1.807) is 0 Å². The third-order valence-corrected chi connectivity index (χ3v) is 6.12. The molecule has 0 atom stereocenters. The zero-order valence-corrected chi connectivity index (χ0v) is 17.5. The first-order chi connectivity index (χ1) is 13.6. The van der Waals surface area contributed by atoms with Crippen LogP contribution in [-0.2, 0) is 9.53 Å². The van der Waals surface area contributed by atoms with Gasteiger partial charge in [-0.25, -0.2) is 0 Å². The molecule has 1 aromatic rings. The highest BCUT2D eigenvalue weighted by Gasteiger charge is 2.41. The van der Waals surface area contributed by atoms with Crippen LogP contribution in [0.25, 0.3) is 0 Å². The van der Waals surface area contributed by atoms with Gasteiger partial charge in [0, 0.05) is 18.8 Å². The van der Waals surface area contributed by atoms with Crippen molar-refractivity contribution in [3.63, 3.8) is 0 Å². The molecule has 0 unspecified atom stereocenters. The summed E-state index contributed by atoms with van der Waals surface area (Å²) in [6.45, 7) is 9.14. The maximum absolute atomic E-state index is 12.7. The Morgan fingerprint density at radius 2 is 1.86 bits per heavy atom. The lowest BCUT2D eigenvalue weighted by molar-refractivity contribution is -0.140. The van der Waals surface area contributed by atoms with E-state index in [1.165, 1.54) is 25.9 Å². The van der Waals surface area contributed by atoms with Crippen molar-refractivity contribution >= 4 is 11.6 Å². The van der Waals surface area contributed by atoms with Gasteiger partial charge in [0.25, 0.3) is 5.91 Å². The van der Waals surface area contributed by atoms with Crippen molar-refractivity contribution in [2.75, 3.05) is 38.2 Å². The Balaban J connectivity index is 1.40. The summed E-state index contributed by atoms with van der Waals surface area (Å²) in [6.07, 6.45) is 7.40. The Morgan fingerprint density at radius 3 is 2.50 bits per heavy atom. The van der Waals surface area contributed by atoms with Crippen molar-refractivity contribution in [1.82, 2.24) is 4.90 Å². The van der Waals surface area contributed by atoms with Crippen molar-refractivity contribution in [3.05, 3.63) is 24.3 Å². The van der Waals surface area contributed by atoms with E-state index in [-0.39, 0.29) is 5.91 Å². The van der Waals surface area contributed by atoms with Crippen molar-refractivity contribution in [2.24, 2.45) is 5.92 Å². The molecular weight excluding hydrogens is 352 g/mol. The molecule has 2 aliphatic rings. The number of rotatable bonds is 9. The number of nitrogens with zero attached hydrogens (tertiary/aromatic N) is 1. The average molecular weight is 389 g/mol. The van der Waals surface area contributed by atoms with Gasteiger partial charge in [0.1, 0.15) is 11.4 Å². The monoisotopic (exact) mass is 388 g/mol. The molecule has 0 bridgehead atoms. The molecule has 0 aromatic heterocycles. The average Bonchev–Trinajstić information content (AvgIpc) is 3.18. The Morgan fingerprint density at radius 1 is 1.18 bits per heavy atom. The lowest BCUT2D eigenvalue weighted by atomic mass is 9.99.